The summed E-state index contributed by atoms with van der Waals surface area (Å²) in [7, 11) is 0. The lowest BCUT2D eigenvalue weighted by Crippen LogP contribution is -2.37. The first kappa shape index (κ1) is 11.2. The fraction of sp³-hybridized carbons (Fsp3) is 0.400. The van der Waals surface area contributed by atoms with Gasteiger partial charge in [-0.15, -0.1) is 11.6 Å². The average Bonchev–Trinajstić information content (AvgIpc) is 2.76. The highest BCUT2D eigenvalue weighted by Crippen LogP contribution is 2.05. The quantitative estimate of drug-likeness (QED) is 0.630. The number of halogens is 1. The summed E-state index contributed by atoms with van der Waals surface area (Å²) in [6.07, 6.45) is 3.52. The van der Waals surface area contributed by atoms with Crippen LogP contribution in [0.3, 0.4) is 0 Å². The van der Waals surface area contributed by atoms with Crippen LogP contribution in [0.25, 0.3) is 0 Å². The van der Waals surface area contributed by atoms with Crippen molar-refractivity contribution in [3.8, 4) is 0 Å². The Morgan fingerprint density at radius 2 is 2.50 bits per heavy atom. The fourth-order valence-corrected chi connectivity index (χ4v) is 1.52. The number of aromatic nitrogens is 1. The van der Waals surface area contributed by atoms with Crippen molar-refractivity contribution in [2.75, 3.05) is 19.1 Å². The zero-order valence-electron chi connectivity index (χ0n) is 8.77. The molecule has 0 aromatic carbocycles. The Labute approximate surface area is 99.0 Å². The van der Waals surface area contributed by atoms with E-state index in [0.29, 0.717) is 18.6 Å². The molecular weight excluding hydrogens is 228 g/mol. The number of hydroxylamine groups is 2. The highest BCUT2D eigenvalue weighted by Gasteiger charge is 2.16. The van der Waals surface area contributed by atoms with Crippen LogP contribution in [0.5, 0.6) is 0 Å². The topological polar surface area (TPSA) is 49.8 Å². The van der Waals surface area contributed by atoms with Crippen molar-refractivity contribution < 1.29 is 4.84 Å². The van der Waals surface area contributed by atoms with Crippen LogP contribution in [-0.4, -0.2) is 35.1 Å². The molecule has 0 radical (unpaired) electrons. The maximum absolute atomic E-state index is 5.60. The molecule has 6 heteroatoms. The highest BCUT2D eigenvalue weighted by molar-refractivity contribution is 6.18. The van der Waals surface area contributed by atoms with E-state index in [1.54, 1.807) is 17.5 Å². The fourth-order valence-electron chi connectivity index (χ4n) is 1.40. The van der Waals surface area contributed by atoms with Gasteiger partial charge in [0.05, 0.1) is 19.1 Å². The van der Waals surface area contributed by atoms with Gasteiger partial charge < -0.3 is 5.32 Å². The molecule has 2 rings (SSSR count). The van der Waals surface area contributed by atoms with Crippen LogP contribution in [0, 0.1) is 0 Å². The first-order valence-electron chi connectivity index (χ1n) is 5.04. The number of nitrogens with one attached hydrogen (secondary N) is 1. The standard InChI is InChI=1S/C10H13ClN4O/c11-8-14-10-13-4-5-15(10)16-7-9-2-1-3-12-6-9/h1-3,6H,4-5,7-8H2,(H,13,14). The third-order valence-corrected chi connectivity index (χ3v) is 2.27. The Morgan fingerprint density at radius 1 is 1.56 bits per heavy atom. The van der Waals surface area contributed by atoms with Crippen molar-refractivity contribution in [2.45, 2.75) is 6.61 Å². The van der Waals surface area contributed by atoms with Gasteiger partial charge in [-0.2, -0.15) is 0 Å². The maximum Gasteiger partial charge on any atom is 0.219 e. The van der Waals surface area contributed by atoms with E-state index in [2.05, 4.69) is 15.3 Å². The number of rotatable bonds is 4. The number of aliphatic imine (C=N–C) groups is 1. The molecule has 0 bridgehead atoms. The summed E-state index contributed by atoms with van der Waals surface area (Å²) in [6, 6.07) is 4.18. The van der Waals surface area contributed by atoms with Gasteiger partial charge in [0.25, 0.3) is 0 Å². The van der Waals surface area contributed by atoms with Crippen molar-refractivity contribution >= 4 is 17.6 Å². The summed E-state index contributed by atoms with van der Waals surface area (Å²) >= 11 is 5.58. The summed E-state index contributed by atoms with van der Waals surface area (Å²) in [5.74, 6) is 0.693. The van der Waals surface area contributed by atoms with Crippen LogP contribution in [0.2, 0.25) is 0 Å². The molecular formula is C10H13ClN4O. The van der Waals surface area contributed by atoms with Crippen molar-refractivity contribution in [1.82, 2.24) is 15.4 Å². The van der Waals surface area contributed by atoms with Gasteiger partial charge in [0.15, 0.2) is 0 Å². The zero-order valence-corrected chi connectivity index (χ0v) is 9.52. The van der Waals surface area contributed by atoms with Crippen molar-refractivity contribution in [3.05, 3.63) is 30.1 Å². The number of alkyl halides is 1. The first-order valence-corrected chi connectivity index (χ1v) is 5.57. The van der Waals surface area contributed by atoms with E-state index >= 15 is 0 Å². The van der Waals surface area contributed by atoms with Crippen LogP contribution < -0.4 is 5.32 Å². The largest absolute Gasteiger partial charge is 0.341 e. The Kier molecular flexibility index (Phi) is 3.96. The van der Waals surface area contributed by atoms with Gasteiger partial charge in [-0.1, -0.05) is 6.07 Å². The smallest absolute Gasteiger partial charge is 0.219 e. The molecule has 0 amide bonds. The van der Waals surface area contributed by atoms with Crippen molar-refractivity contribution in [1.29, 1.82) is 0 Å². The van der Waals surface area contributed by atoms with Crippen molar-refractivity contribution in [2.24, 2.45) is 4.99 Å². The molecule has 1 aromatic heterocycles. The molecule has 1 N–H and O–H groups in total. The Morgan fingerprint density at radius 3 is 3.25 bits per heavy atom. The predicted octanol–water partition coefficient (Wildman–Crippen LogP) is 0.971. The normalized spacial score (nSPS) is 15.1. The zero-order chi connectivity index (χ0) is 11.2. The summed E-state index contributed by atoms with van der Waals surface area (Å²) in [5, 5.41) is 4.65. The second-order valence-corrected chi connectivity index (χ2v) is 3.52. The SMILES string of the molecule is ClCNC1=NCCN1OCc1cccnc1. The molecule has 86 valence electrons. The third-order valence-electron chi connectivity index (χ3n) is 2.14. The third kappa shape index (κ3) is 2.84. The average molecular weight is 241 g/mol. The van der Waals surface area contributed by atoms with E-state index in [9.17, 15) is 0 Å². The predicted molar refractivity (Wildman–Crippen MR) is 61.9 cm³/mol. The van der Waals surface area contributed by atoms with Gasteiger partial charge in [-0.05, 0) is 11.6 Å². The van der Waals surface area contributed by atoms with E-state index in [-0.39, 0.29) is 0 Å². The molecule has 5 nitrogen and oxygen atoms in total. The molecule has 16 heavy (non-hydrogen) atoms. The number of guanidine groups is 1. The van der Waals surface area contributed by atoms with E-state index < -0.39 is 0 Å². The van der Waals surface area contributed by atoms with Gasteiger partial charge >= 0.3 is 0 Å². The lowest BCUT2D eigenvalue weighted by molar-refractivity contribution is -0.105. The molecule has 0 spiro atoms. The lowest BCUT2D eigenvalue weighted by Gasteiger charge is -2.19. The van der Waals surface area contributed by atoms with Crippen LogP contribution in [0.15, 0.2) is 29.5 Å². The molecule has 0 saturated heterocycles. The first-order chi connectivity index (χ1) is 7.90. The number of pyridine rings is 1. The van der Waals surface area contributed by atoms with Gasteiger partial charge in [-0.3, -0.25) is 9.82 Å². The second kappa shape index (κ2) is 5.67. The summed E-state index contributed by atoms with van der Waals surface area (Å²) in [5.41, 5.74) is 1.03. The molecule has 0 aliphatic carbocycles. The molecule has 0 atom stereocenters. The van der Waals surface area contributed by atoms with Gasteiger partial charge in [0.1, 0.15) is 6.61 Å². The Bertz CT molecular complexity index is 357. The van der Waals surface area contributed by atoms with Crippen LogP contribution in [-0.2, 0) is 11.4 Å². The van der Waals surface area contributed by atoms with Gasteiger partial charge in [0.2, 0.25) is 5.96 Å². The van der Waals surface area contributed by atoms with Gasteiger partial charge in [-0.25, -0.2) is 10.1 Å². The van der Waals surface area contributed by atoms with E-state index in [1.165, 1.54) is 0 Å². The minimum absolute atomic E-state index is 0.325. The Hall–Kier alpha value is -1.33. The minimum Gasteiger partial charge on any atom is -0.341 e. The summed E-state index contributed by atoms with van der Waals surface area (Å²) in [6.45, 7) is 1.96. The maximum atomic E-state index is 5.60. The summed E-state index contributed by atoms with van der Waals surface area (Å²) in [4.78, 5) is 13.8. The molecule has 0 fully saturated rings. The molecule has 2 heterocycles. The van der Waals surface area contributed by atoms with Gasteiger partial charge in [0, 0.05) is 12.4 Å². The number of nitrogens with zero attached hydrogens (tertiary/aromatic N) is 3. The van der Waals surface area contributed by atoms with Crippen LogP contribution in [0.4, 0.5) is 0 Å². The molecule has 1 aliphatic rings. The summed E-state index contributed by atoms with van der Waals surface area (Å²) < 4.78 is 0. The molecule has 1 aliphatic heterocycles. The highest BCUT2D eigenvalue weighted by atomic mass is 35.5. The monoisotopic (exact) mass is 240 g/mol. The number of hydrogen-bond donors (Lipinski definition) is 1. The number of hydrogen-bond acceptors (Lipinski definition) is 5. The van der Waals surface area contributed by atoms with Crippen molar-refractivity contribution in [3.63, 3.8) is 0 Å². The van der Waals surface area contributed by atoms with E-state index in [4.69, 9.17) is 16.4 Å². The molecule has 0 unspecified atom stereocenters. The van der Waals surface area contributed by atoms with Crippen LogP contribution >= 0.6 is 11.6 Å². The Balaban J connectivity index is 1.84. The lowest BCUT2D eigenvalue weighted by atomic mass is 10.3. The van der Waals surface area contributed by atoms with E-state index in [0.717, 1.165) is 18.7 Å². The second-order valence-electron chi connectivity index (χ2n) is 3.25. The molecule has 0 saturated carbocycles. The van der Waals surface area contributed by atoms with Crippen LogP contribution in [0.1, 0.15) is 5.56 Å². The van der Waals surface area contributed by atoms with E-state index in [1.807, 2.05) is 12.1 Å². The minimum atomic E-state index is 0.325. The molecule has 1 aromatic rings.